The third-order valence-corrected chi connectivity index (χ3v) is 3.18. The van der Waals surface area contributed by atoms with E-state index >= 15 is 0 Å². The van der Waals surface area contributed by atoms with Gasteiger partial charge < -0.3 is 10.0 Å². The van der Waals surface area contributed by atoms with Crippen molar-refractivity contribution < 1.29 is 9.90 Å². The maximum atomic E-state index is 11.8. The van der Waals surface area contributed by atoms with Crippen molar-refractivity contribution in [2.24, 2.45) is 5.92 Å². The smallest absolute Gasteiger partial charge is 0.141 e. The highest BCUT2D eigenvalue weighted by molar-refractivity contribution is 5.82. The number of nitrogens with zero attached hydrogens (tertiary/aromatic N) is 1. The van der Waals surface area contributed by atoms with E-state index in [1.807, 2.05) is 37.4 Å². The van der Waals surface area contributed by atoms with E-state index in [0.717, 1.165) is 12.1 Å². The lowest BCUT2D eigenvalue weighted by Gasteiger charge is -2.31. The van der Waals surface area contributed by atoms with Crippen molar-refractivity contribution in [2.45, 2.75) is 12.5 Å². The highest BCUT2D eigenvalue weighted by Gasteiger charge is 2.31. The minimum absolute atomic E-state index is 0.175. The van der Waals surface area contributed by atoms with Crippen molar-refractivity contribution in [1.82, 2.24) is 4.90 Å². The van der Waals surface area contributed by atoms with Crippen LogP contribution >= 0.6 is 0 Å². The van der Waals surface area contributed by atoms with Crippen LogP contribution in [0.2, 0.25) is 0 Å². The van der Waals surface area contributed by atoms with E-state index in [9.17, 15) is 9.90 Å². The first-order valence-corrected chi connectivity index (χ1v) is 5.63. The first kappa shape index (κ1) is 11.3. The molecule has 1 aliphatic rings. The van der Waals surface area contributed by atoms with Gasteiger partial charge in [0.1, 0.15) is 5.78 Å². The van der Waals surface area contributed by atoms with E-state index < -0.39 is 6.10 Å². The number of benzene rings is 1. The molecule has 3 nitrogen and oxygen atoms in total. The number of aliphatic hydroxyl groups excluding tert-OH is 1. The molecule has 86 valence electrons. The zero-order valence-electron chi connectivity index (χ0n) is 9.47. The fourth-order valence-electron chi connectivity index (χ4n) is 2.17. The number of rotatable bonds is 2. The number of hydrogen-bond donors (Lipinski definition) is 1. The predicted octanol–water partition coefficient (Wildman–Crippen LogP) is 1.24. The Hall–Kier alpha value is -1.19. The minimum Gasteiger partial charge on any atom is -0.388 e. The summed E-state index contributed by atoms with van der Waals surface area (Å²) in [6.07, 6.45) is -0.123. The highest BCUT2D eigenvalue weighted by atomic mass is 16.3. The molecule has 0 bridgehead atoms. The average Bonchev–Trinajstić information content (AvgIpc) is 2.32. The lowest BCUT2D eigenvalue weighted by atomic mass is 9.88. The van der Waals surface area contributed by atoms with Crippen molar-refractivity contribution in [1.29, 1.82) is 0 Å². The Bertz CT molecular complexity index is 363. The van der Waals surface area contributed by atoms with E-state index in [2.05, 4.69) is 4.90 Å². The standard InChI is InChI=1S/C13H17NO2/c1-14-8-7-12(15)11(9-14)13(16)10-5-3-2-4-6-10/h2-6,11,13,16H,7-9H2,1H3. The molecule has 0 aromatic heterocycles. The summed E-state index contributed by atoms with van der Waals surface area (Å²) in [5, 5.41) is 10.2. The molecule has 1 fully saturated rings. The van der Waals surface area contributed by atoms with Crippen LogP contribution in [-0.4, -0.2) is 35.9 Å². The lowest BCUT2D eigenvalue weighted by molar-refractivity contribution is -0.130. The molecule has 0 spiro atoms. The van der Waals surface area contributed by atoms with Gasteiger partial charge in [-0.05, 0) is 12.6 Å². The molecule has 1 aliphatic heterocycles. The molecule has 2 unspecified atom stereocenters. The van der Waals surface area contributed by atoms with Gasteiger partial charge in [0.2, 0.25) is 0 Å². The Morgan fingerprint density at radius 2 is 2.06 bits per heavy atom. The van der Waals surface area contributed by atoms with Crippen molar-refractivity contribution >= 4 is 5.78 Å². The molecule has 1 heterocycles. The summed E-state index contributed by atoms with van der Waals surface area (Å²) in [7, 11) is 1.98. The molecule has 1 saturated heterocycles. The number of ketones is 1. The van der Waals surface area contributed by atoms with Crippen LogP contribution in [0.3, 0.4) is 0 Å². The number of carbonyl (C=O) groups excluding carboxylic acids is 1. The summed E-state index contributed by atoms with van der Waals surface area (Å²) >= 11 is 0. The second kappa shape index (κ2) is 4.76. The van der Waals surface area contributed by atoms with E-state index in [-0.39, 0.29) is 11.7 Å². The van der Waals surface area contributed by atoms with Gasteiger partial charge in [-0.25, -0.2) is 0 Å². The quantitative estimate of drug-likeness (QED) is 0.813. The molecule has 3 heteroatoms. The second-order valence-corrected chi connectivity index (χ2v) is 4.44. The first-order valence-electron chi connectivity index (χ1n) is 5.63. The number of carbonyl (C=O) groups is 1. The molecule has 1 N–H and O–H groups in total. The van der Waals surface area contributed by atoms with Crippen LogP contribution in [0, 0.1) is 5.92 Å². The summed E-state index contributed by atoms with van der Waals surface area (Å²) < 4.78 is 0. The summed E-state index contributed by atoms with van der Waals surface area (Å²) in [6.45, 7) is 1.45. The molecule has 1 aromatic carbocycles. The minimum atomic E-state index is -0.670. The molecular formula is C13H17NO2. The van der Waals surface area contributed by atoms with E-state index in [4.69, 9.17) is 0 Å². The van der Waals surface area contributed by atoms with Gasteiger partial charge >= 0.3 is 0 Å². The Morgan fingerprint density at radius 1 is 1.38 bits per heavy atom. The van der Waals surface area contributed by atoms with E-state index in [1.165, 1.54) is 0 Å². The number of piperidine rings is 1. The molecule has 1 aromatic rings. The Labute approximate surface area is 95.7 Å². The topological polar surface area (TPSA) is 40.5 Å². The van der Waals surface area contributed by atoms with Gasteiger partial charge in [0.05, 0.1) is 12.0 Å². The van der Waals surface area contributed by atoms with Gasteiger partial charge in [0, 0.05) is 19.5 Å². The molecule has 0 radical (unpaired) electrons. The Morgan fingerprint density at radius 3 is 2.75 bits per heavy atom. The summed E-state index contributed by atoms with van der Waals surface area (Å²) in [5.74, 6) is -0.101. The van der Waals surface area contributed by atoms with Gasteiger partial charge in [-0.2, -0.15) is 0 Å². The van der Waals surface area contributed by atoms with Crippen molar-refractivity contribution in [3.05, 3.63) is 35.9 Å². The number of hydrogen-bond acceptors (Lipinski definition) is 3. The largest absolute Gasteiger partial charge is 0.388 e. The SMILES string of the molecule is CN1CCC(=O)C(C(O)c2ccccc2)C1. The van der Waals surface area contributed by atoms with Crippen LogP contribution in [0.5, 0.6) is 0 Å². The second-order valence-electron chi connectivity index (χ2n) is 4.44. The Balaban J connectivity index is 2.14. The number of likely N-dealkylation sites (tertiary alicyclic amines) is 1. The van der Waals surface area contributed by atoms with Crippen molar-refractivity contribution in [3.63, 3.8) is 0 Å². The molecule has 0 amide bonds. The summed E-state index contributed by atoms with van der Waals surface area (Å²) in [5.41, 5.74) is 0.830. The van der Waals surface area contributed by atoms with Gasteiger partial charge in [0.15, 0.2) is 0 Å². The predicted molar refractivity (Wildman–Crippen MR) is 62.0 cm³/mol. The molecule has 2 atom stereocenters. The zero-order chi connectivity index (χ0) is 11.5. The zero-order valence-corrected chi connectivity index (χ0v) is 9.47. The maximum absolute atomic E-state index is 11.8. The van der Waals surface area contributed by atoms with E-state index in [0.29, 0.717) is 13.0 Å². The number of Topliss-reactive ketones (excluding diaryl/α,β-unsaturated/α-hetero) is 1. The van der Waals surface area contributed by atoms with E-state index in [1.54, 1.807) is 0 Å². The molecule has 0 aliphatic carbocycles. The van der Waals surface area contributed by atoms with Gasteiger partial charge in [-0.15, -0.1) is 0 Å². The third-order valence-electron chi connectivity index (χ3n) is 3.18. The summed E-state index contributed by atoms with van der Waals surface area (Å²) in [6, 6.07) is 9.41. The molecule has 2 rings (SSSR count). The molecule has 16 heavy (non-hydrogen) atoms. The van der Waals surface area contributed by atoms with Crippen LogP contribution in [0.15, 0.2) is 30.3 Å². The van der Waals surface area contributed by atoms with Gasteiger partial charge in [0.25, 0.3) is 0 Å². The maximum Gasteiger partial charge on any atom is 0.141 e. The van der Waals surface area contributed by atoms with Crippen LogP contribution in [0.1, 0.15) is 18.1 Å². The van der Waals surface area contributed by atoms with Crippen molar-refractivity contribution in [2.75, 3.05) is 20.1 Å². The Kier molecular flexibility index (Phi) is 3.36. The molecular weight excluding hydrogens is 202 g/mol. The highest BCUT2D eigenvalue weighted by Crippen LogP contribution is 2.26. The first-order chi connectivity index (χ1) is 7.68. The third kappa shape index (κ3) is 2.31. The van der Waals surface area contributed by atoms with Crippen molar-refractivity contribution in [3.8, 4) is 0 Å². The van der Waals surface area contributed by atoms with Gasteiger partial charge in [-0.1, -0.05) is 30.3 Å². The average molecular weight is 219 g/mol. The van der Waals surface area contributed by atoms with Crippen LogP contribution in [-0.2, 0) is 4.79 Å². The summed E-state index contributed by atoms with van der Waals surface area (Å²) in [4.78, 5) is 13.9. The van der Waals surface area contributed by atoms with Crippen LogP contribution in [0.4, 0.5) is 0 Å². The van der Waals surface area contributed by atoms with Crippen LogP contribution < -0.4 is 0 Å². The lowest BCUT2D eigenvalue weighted by Crippen LogP contribution is -2.41. The fraction of sp³-hybridized carbons (Fsp3) is 0.462. The normalized spacial score (nSPS) is 24.4. The van der Waals surface area contributed by atoms with Gasteiger partial charge in [-0.3, -0.25) is 4.79 Å². The monoisotopic (exact) mass is 219 g/mol. The molecule has 0 saturated carbocycles. The number of aliphatic hydroxyl groups is 1. The fourth-order valence-corrected chi connectivity index (χ4v) is 2.17. The van der Waals surface area contributed by atoms with Crippen LogP contribution in [0.25, 0.3) is 0 Å².